The molecule has 3 aromatic rings. The van der Waals surface area contributed by atoms with E-state index in [9.17, 15) is 9.59 Å². The van der Waals surface area contributed by atoms with Crippen molar-refractivity contribution in [1.82, 2.24) is 25.8 Å². The fraction of sp³-hybridized carbons (Fsp3) is 0.125. The zero-order valence-electron chi connectivity index (χ0n) is 13.2. The SMILES string of the molecule is CC1=C(C(=O)Nc2ccc3[nH]ncc3c2)C(c2nccs2)NC(=O)N1. The highest BCUT2D eigenvalue weighted by molar-refractivity contribution is 7.09. The van der Waals surface area contributed by atoms with Gasteiger partial charge in [-0.05, 0) is 25.1 Å². The summed E-state index contributed by atoms with van der Waals surface area (Å²) in [6, 6.07) is 4.54. The molecule has 0 saturated heterocycles. The first kappa shape index (κ1) is 15.3. The zero-order valence-corrected chi connectivity index (χ0v) is 14.0. The molecule has 25 heavy (non-hydrogen) atoms. The molecule has 1 aliphatic heterocycles. The lowest BCUT2D eigenvalue weighted by atomic mass is 10.0. The number of benzene rings is 1. The van der Waals surface area contributed by atoms with Crippen LogP contribution in [0.1, 0.15) is 18.0 Å². The van der Waals surface area contributed by atoms with E-state index in [1.807, 2.05) is 12.1 Å². The van der Waals surface area contributed by atoms with Crippen LogP contribution in [0.5, 0.6) is 0 Å². The minimum Gasteiger partial charge on any atom is -0.324 e. The maximum absolute atomic E-state index is 12.9. The molecular weight excluding hydrogens is 340 g/mol. The van der Waals surface area contributed by atoms with Crippen molar-refractivity contribution < 1.29 is 9.59 Å². The number of carbonyl (C=O) groups is 2. The van der Waals surface area contributed by atoms with Crippen LogP contribution >= 0.6 is 11.3 Å². The molecule has 2 aromatic heterocycles. The molecule has 8 nitrogen and oxygen atoms in total. The molecule has 0 aliphatic carbocycles. The second-order valence-corrected chi connectivity index (χ2v) is 6.49. The van der Waals surface area contributed by atoms with Crippen molar-refractivity contribution in [3.63, 3.8) is 0 Å². The summed E-state index contributed by atoms with van der Waals surface area (Å²) in [6.07, 6.45) is 3.34. The Balaban J connectivity index is 1.66. The Labute approximate surface area is 146 Å². The summed E-state index contributed by atoms with van der Waals surface area (Å²) in [5.41, 5.74) is 2.47. The molecule has 0 fully saturated rings. The first-order chi connectivity index (χ1) is 12.1. The monoisotopic (exact) mass is 354 g/mol. The van der Waals surface area contributed by atoms with E-state index in [-0.39, 0.29) is 11.9 Å². The van der Waals surface area contributed by atoms with E-state index in [1.165, 1.54) is 11.3 Å². The van der Waals surface area contributed by atoms with Crippen LogP contribution in [0.4, 0.5) is 10.5 Å². The number of amides is 3. The predicted octanol–water partition coefficient (Wildman–Crippen LogP) is 2.29. The standard InChI is InChI=1S/C16H14N6O2S/c1-8-12(13(21-16(24)19-8)15-17-4-5-25-15)14(23)20-10-2-3-11-9(6-10)7-18-22-11/h2-7,13H,1H3,(H,18,22)(H,20,23)(H2,19,21,24). The van der Waals surface area contributed by atoms with Crippen LogP contribution in [-0.2, 0) is 4.79 Å². The number of nitrogens with zero attached hydrogens (tertiary/aromatic N) is 2. The lowest BCUT2D eigenvalue weighted by Crippen LogP contribution is -2.45. The van der Waals surface area contributed by atoms with Gasteiger partial charge in [0.2, 0.25) is 0 Å². The van der Waals surface area contributed by atoms with Gasteiger partial charge in [-0.3, -0.25) is 9.89 Å². The fourth-order valence-electron chi connectivity index (χ4n) is 2.78. The van der Waals surface area contributed by atoms with E-state index >= 15 is 0 Å². The number of anilines is 1. The van der Waals surface area contributed by atoms with Gasteiger partial charge in [-0.25, -0.2) is 9.78 Å². The molecule has 3 heterocycles. The number of thiazole rings is 1. The Bertz CT molecular complexity index is 991. The van der Waals surface area contributed by atoms with Gasteiger partial charge in [-0.1, -0.05) is 0 Å². The Morgan fingerprint density at radius 1 is 1.36 bits per heavy atom. The van der Waals surface area contributed by atoms with E-state index in [0.717, 1.165) is 10.9 Å². The smallest absolute Gasteiger partial charge is 0.319 e. The molecule has 4 N–H and O–H groups in total. The van der Waals surface area contributed by atoms with E-state index in [1.54, 1.807) is 30.8 Å². The average Bonchev–Trinajstić information content (AvgIpc) is 3.25. The van der Waals surface area contributed by atoms with Crippen LogP contribution in [0.3, 0.4) is 0 Å². The number of aromatic nitrogens is 3. The number of aromatic amines is 1. The van der Waals surface area contributed by atoms with Crippen LogP contribution in [0.2, 0.25) is 0 Å². The van der Waals surface area contributed by atoms with Crippen molar-refractivity contribution in [3.8, 4) is 0 Å². The van der Waals surface area contributed by atoms with Crippen molar-refractivity contribution in [1.29, 1.82) is 0 Å². The van der Waals surface area contributed by atoms with Crippen LogP contribution < -0.4 is 16.0 Å². The van der Waals surface area contributed by atoms with Crippen LogP contribution in [0.25, 0.3) is 10.9 Å². The maximum atomic E-state index is 12.9. The number of urea groups is 1. The summed E-state index contributed by atoms with van der Waals surface area (Å²) in [4.78, 5) is 28.9. The Kier molecular flexibility index (Phi) is 3.69. The van der Waals surface area contributed by atoms with Crippen LogP contribution in [0.15, 0.2) is 47.2 Å². The summed E-state index contributed by atoms with van der Waals surface area (Å²) in [7, 11) is 0. The molecular formula is C16H14N6O2S. The molecule has 0 radical (unpaired) electrons. The first-order valence-electron chi connectivity index (χ1n) is 7.54. The maximum Gasteiger partial charge on any atom is 0.319 e. The summed E-state index contributed by atoms with van der Waals surface area (Å²) < 4.78 is 0. The lowest BCUT2D eigenvalue weighted by molar-refractivity contribution is -0.113. The van der Waals surface area contributed by atoms with Gasteiger partial charge in [0.1, 0.15) is 11.0 Å². The molecule has 1 aromatic carbocycles. The molecule has 9 heteroatoms. The van der Waals surface area contributed by atoms with Crippen molar-refractivity contribution >= 4 is 39.9 Å². The third-order valence-electron chi connectivity index (χ3n) is 3.91. The quantitative estimate of drug-likeness (QED) is 0.578. The molecule has 1 aliphatic rings. The van der Waals surface area contributed by atoms with Gasteiger partial charge in [0.15, 0.2) is 0 Å². The van der Waals surface area contributed by atoms with E-state index in [0.29, 0.717) is 22.0 Å². The topological polar surface area (TPSA) is 112 Å². The highest BCUT2D eigenvalue weighted by Gasteiger charge is 2.32. The number of hydrogen-bond donors (Lipinski definition) is 4. The molecule has 3 amide bonds. The van der Waals surface area contributed by atoms with Crippen molar-refractivity contribution in [2.75, 3.05) is 5.32 Å². The molecule has 0 saturated carbocycles. The number of fused-ring (bicyclic) bond motifs is 1. The molecule has 126 valence electrons. The van der Waals surface area contributed by atoms with Gasteiger partial charge in [-0.15, -0.1) is 11.3 Å². The minimum atomic E-state index is -0.577. The van der Waals surface area contributed by atoms with Gasteiger partial charge >= 0.3 is 6.03 Å². The fourth-order valence-corrected chi connectivity index (χ4v) is 3.47. The third kappa shape index (κ3) is 2.85. The number of carbonyl (C=O) groups excluding carboxylic acids is 2. The summed E-state index contributed by atoms with van der Waals surface area (Å²) in [5.74, 6) is -0.298. The number of rotatable bonds is 3. The molecule has 1 atom stereocenters. The average molecular weight is 354 g/mol. The number of hydrogen-bond acceptors (Lipinski definition) is 5. The third-order valence-corrected chi connectivity index (χ3v) is 4.75. The zero-order chi connectivity index (χ0) is 17.4. The largest absolute Gasteiger partial charge is 0.324 e. The van der Waals surface area contributed by atoms with Crippen LogP contribution in [-0.4, -0.2) is 27.1 Å². The number of allylic oxidation sites excluding steroid dienone is 1. The van der Waals surface area contributed by atoms with Crippen molar-refractivity contribution in [2.24, 2.45) is 0 Å². The van der Waals surface area contributed by atoms with Gasteiger partial charge < -0.3 is 16.0 Å². The van der Waals surface area contributed by atoms with Gasteiger partial charge in [0, 0.05) is 28.3 Å². The van der Waals surface area contributed by atoms with Crippen molar-refractivity contribution in [3.05, 3.63) is 52.3 Å². The normalized spacial score (nSPS) is 17.3. The Hall–Kier alpha value is -3.20. The lowest BCUT2D eigenvalue weighted by Gasteiger charge is -2.27. The summed E-state index contributed by atoms with van der Waals surface area (Å²) in [5, 5.41) is 18.5. The van der Waals surface area contributed by atoms with Crippen LogP contribution in [0, 0.1) is 0 Å². The van der Waals surface area contributed by atoms with Gasteiger partial charge in [-0.2, -0.15) is 5.10 Å². The Morgan fingerprint density at radius 2 is 2.24 bits per heavy atom. The van der Waals surface area contributed by atoms with E-state index in [4.69, 9.17) is 0 Å². The Morgan fingerprint density at radius 3 is 3.04 bits per heavy atom. The number of H-pyrrole nitrogens is 1. The highest BCUT2D eigenvalue weighted by atomic mass is 32.1. The van der Waals surface area contributed by atoms with Gasteiger partial charge in [0.25, 0.3) is 5.91 Å². The van der Waals surface area contributed by atoms with Gasteiger partial charge in [0.05, 0.1) is 17.3 Å². The molecule has 4 rings (SSSR count). The summed E-state index contributed by atoms with van der Waals surface area (Å²) in [6.45, 7) is 1.70. The second kappa shape index (κ2) is 6.02. The highest BCUT2D eigenvalue weighted by Crippen LogP contribution is 2.29. The van der Waals surface area contributed by atoms with E-state index in [2.05, 4.69) is 31.1 Å². The number of nitrogens with one attached hydrogen (secondary N) is 4. The predicted molar refractivity (Wildman–Crippen MR) is 93.9 cm³/mol. The molecule has 0 bridgehead atoms. The summed E-state index contributed by atoms with van der Waals surface area (Å²) >= 11 is 1.38. The molecule has 0 spiro atoms. The first-order valence-corrected chi connectivity index (χ1v) is 8.42. The molecule has 1 unspecified atom stereocenters. The minimum absolute atomic E-state index is 0.298. The van der Waals surface area contributed by atoms with E-state index < -0.39 is 6.04 Å². The van der Waals surface area contributed by atoms with Crippen molar-refractivity contribution in [2.45, 2.75) is 13.0 Å². The second-order valence-electron chi connectivity index (χ2n) is 5.57.